The molecule has 152 valence electrons. The number of aryl methyl sites for hydroxylation is 1. The van der Waals surface area contributed by atoms with Gasteiger partial charge < -0.3 is 10.2 Å². The van der Waals surface area contributed by atoms with Gasteiger partial charge in [0, 0.05) is 33.7 Å². The van der Waals surface area contributed by atoms with Crippen molar-refractivity contribution in [3.05, 3.63) is 70.8 Å². The summed E-state index contributed by atoms with van der Waals surface area (Å²) < 4.78 is 0. The van der Waals surface area contributed by atoms with Crippen LogP contribution < -0.4 is 5.32 Å². The third kappa shape index (κ3) is 4.65. The molecule has 2 aromatic carbocycles. The summed E-state index contributed by atoms with van der Waals surface area (Å²) in [5.41, 5.74) is 3.54. The summed E-state index contributed by atoms with van der Waals surface area (Å²) in [6.45, 7) is 4.06. The number of nitrogens with zero attached hydrogens (tertiary/aromatic N) is 3. The van der Waals surface area contributed by atoms with E-state index >= 15 is 0 Å². The Bertz CT molecular complexity index is 888. The van der Waals surface area contributed by atoms with Crippen molar-refractivity contribution in [3.8, 4) is 0 Å². The van der Waals surface area contributed by atoms with Crippen LogP contribution in [0.5, 0.6) is 0 Å². The molecule has 1 aliphatic heterocycles. The number of fused-ring (bicyclic) bond motifs is 1. The van der Waals surface area contributed by atoms with Crippen molar-refractivity contribution in [3.63, 3.8) is 0 Å². The summed E-state index contributed by atoms with van der Waals surface area (Å²) in [6.07, 6.45) is 1.58. The zero-order chi connectivity index (χ0) is 20.8. The van der Waals surface area contributed by atoms with Gasteiger partial charge >= 0.3 is 0 Å². The predicted molar refractivity (Wildman–Crippen MR) is 115 cm³/mol. The van der Waals surface area contributed by atoms with Crippen molar-refractivity contribution < 1.29 is 9.59 Å². The molecule has 6 nitrogen and oxygen atoms in total. The monoisotopic (exact) mass is 392 g/mol. The second kappa shape index (κ2) is 9.37. The molecule has 0 bridgehead atoms. The van der Waals surface area contributed by atoms with Crippen LogP contribution in [0.25, 0.3) is 0 Å². The SMILES string of the molecule is CN=C(NCCCCN1C(=O)c2ccccc2C1=O)N(C)Cc1ccccc1C. The average molecular weight is 393 g/mol. The van der Waals surface area contributed by atoms with E-state index in [0.717, 1.165) is 31.9 Å². The van der Waals surface area contributed by atoms with Gasteiger partial charge in [0.2, 0.25) is 0 Å². The molecule has 2 aromatic rings. The highest BCUT2D eigenvalue weighted by Gasteiger charge is 2.34. The number of benzene rings is 2. The molecule has 29 heavy (non-hydrogen) atoms. The smallest absolute Gasteiger partial charge is 0.261 e. The number of imide groups is 1. The van der Waals surface area contributed by atoms with Crippen molar-refractivity contribution in [2.24, 2.45) is 4.99 Å². The Labute approximate surface area is 172 Å². The minimum atomic E-state index is -0.188. The Morgan fingerprint density at radius 1 is 1.00 bits per heavy atom. The van der Waals surface area contributed by atoms with E-state index in [9.17, 15) is 9.59 Å². The second-order valence-corrected chi connectivity index (χ2v) is 7.27. The lowest BCUT2D eigenvalue weighted by Gasteiger charge is -2.23. The maximum Gasteiger partial charge on any atom is 0.261 e. The van der Waals surface area contributed by atoms with Crippen LogP contribution in [0.4, 0.5) is 0 Å². The summed E-state index contributed by atoms with van der Waals surface area (Å²) in [7, 11) is 3.79. The van der Waals surface area contributed by atoms with Gasteiger partial charge in [-0.2, -0.15) is 0 Å². The number of guanidine groups is 1. The van der Waals surface area contributed by atoms with E-state index in [0.29, 0.717) is 17.7 Å². The minimum Gasteiger partial charge on any atom is -0.356 e. The first-order chi connectivity index (χ1) is 14.0. The molecule has 2 amide bonds. The molecule has 0 saturated carbocycles. The topological polar surface area (TPSA) is 65.0 Å². The molecule has 0 spiro atoms. The second-order valence-electron chi connectivity index (χ2n) is 7.27. The quantitative estimate of drug-likeness (QED) is 0.340. The van der Waals surface area contributed by atoms with Crippen LogP contribution in [-0.4, -0.2) is 54.8 Å². The van der Waals surface area contributed by atoms with Gasteiger partial charge in [-0.15, -0.1) is 0 Å². The molecule has 0 aliphatic carbocycles. The van der Waals surface area contributed by atoms with Gasteiger partial charge in [0.25, 0.3) is 11.8 Å². The van der Waals surface area contributed by atoms with Gasteiger partial charge in [0.15, 0.2) is 5.96 Å². The van der Waals surface area contributed by atoms with Crippen molar-refractivity contribution in [2.75, 3.05) is 27.2 Å². The van der Waals surface area contributed by atoms with E-state index in [4.69, 9.17) is 0 Å². The van der Waals surface area contributed by atoms with Crippen LogP contribution in [0.15, 0.2) is 53.5 Å². The number of carbonyl (C=O) groups is 2. The van der Waals surface area contributed by atoms with Gasteiger partial charge in [0.05, 0.1) is 11.1 Å². The third-order valence-electron chi connectivity index (χ3n) is 5.21. The van der Waals surface area contributed by atoms with Gasteiger partial charge in [-0.3, -0.25) is 19.5 Å². The molecule has 0 fully saturated rings. The normalized spacial score (nSPS) is 13.6. The molecule has 0 saturated heterocycles. The maximum atomic E-state index is 12.4. The van der Waals surface area contributed by atoms with Crippen molar-refractivity contribution >= 4 is 17.8 Å². The van der Waals surface area contributed by atoms with Crippen LogP contribution in [0.1, 0.15) is 44.7 Å². The van der Waals surface area contributed by atoms with Crippen LogP contribution in [-0.2, 0) is 6.54 Å². The number of nitrogens with one attached hydrogen (secondary N) is 1. The maximum absolute atomic E-state index is 12.4. The molecule has 0 aromatic heterocycles. The Kier molecular flexibility index (Phi) is 6.65. The summed E-state index contributed by atoms with van der Waals surface area (Å²) in [6, 6.07) is 15.3. The zero-order valence-electron chi connectivity index (χ0n) is 17.3. The summed E-state index contributed by atoms with van der Waals surface area (Å²) in [5, 5.41) is 3.36. The predicted octanol–water partition coefficient (Wildman–Crippen LogP) is 3.08. The van der Waals surface area contributed by atoms with Crippen LogP contribution >= 0.6 is 0 Å². The number of carbonyl (C=O) groups excluding carboxylic acids is 2. The number of unbranched alkanes of at least 4 members (excludes halogenated alkanes) is 1. The summed E-state index contributed by atoms with van der Waals surface area (Å²) >= 11 is 0. The van der Waals surface area contributed by atoms with Crippen LogP contribution in [0.2, 0.25) is 0 Å². The Balaban J connectivity index is 1.43. The molecule has 1 heterocycles. The van der Waals surface area contributed by atoms with E-state index in [-0.39, 0.29) is 11.8 Å². The molecule has 0 radical (unpaired) electrons. The number of aliphatic imine (C=N–C) groups is 1. The molecule has 6 heteroatoms. The first-order valence-corrected chi connectivity index (χ1v) is 9.94. The fourth-order valence-electron chi connectivity index (χ4n) is 3.54. The number of rotatable bonds is 7. The van der Waals surface area contributed by atoms with Crippen molar-refractivity contribution in [2.45, 2.75) is 26.3 Å². The Morgan fingerprint density at radius 3 is 2.24 bits per heavy atom. The molecule has 0 atom stereocenters. The number of hydrogen-bond acceptors (Lipinski definition) is 3. The standard InChI is InChI=1S/C23H28N4O2/c1-17-10-4-5-11-18(17)16-26(3)23(24-2)25-14-8-9-15-27-21(28)19-12-6-7-13-20(19)22(27)29/h4-7,10-13H,8-9,14-16H2,1-3H3,(H,24,25). The van der Waals surface area contributed by atoms with E-state index in [1.807, 2.05) is 19.2 Å². The lowest BCUT2D eigenvalue weighted by atomic mass is 10.1. The molecule has 1 aliphatic rings. The van der Waals surface area contributed by atoms with Crippen LogP contribution in [0.3, 0.4) is 0 Å². The molecule has 3 rings (SSSR count). The first-order valence-electron chi connectivity index (χ1n) is 9.94. The fraction of sp³-hybridized carbons (Fsp3) is 0.348. The lowest BCUT2D eigenvalue weighted by Crippen LogP contribution is -2.39. The Morgan fingerprint density at radius 2 is 1.62 bits per heavy atom. The van der Waals surface area contributed by atoms with E-state index in [2.05, 4.69) is 34.3 Å². The van der Waals surface area contributed by atoms with Gasteiger partial charge in [-0.05, 0) is 43.0 Å². The largest absolute Gasteiger partial charge is 0.356 e. The molecular weight excluding hydrogens is 364 g/mol. The molecule has 1 N–H and O–H groups in total. The molecule has 0 unspecified atom stereocenters. The van der Waals surface area contributed by atoms with Crippen molar-refractivity contribution in [1.29, 1.82) is 0 Å². The summed E-state index contributed by atoms with van der Waals surface area (Å²) in [5.74, 6) is 0.452. The highest BCUT2D eigenvalue weighted by Crippen LogP contribution is 2.22. The van der Waals surface area contributed by atoms with Gasteiger partial charge in [0.1, 0.15) is 0 Å². The van der Waals surface area contributed by atoms with Crippen molar-refractivity contribution in [1.82, 2.24) is 15.1 Å². The number of amides is 2. The fourth-order valence-corrected chi connectivity index (χ4v) is 3.54. The van der Waals surface area contributed by atoms with Gasteiger partial charge in [-0.25, -0.2) is 0 Å². The minimum absolute atomic E-state index is 0.188. The highest BCUT2D eigenvalue weighted by atomic mass is 16.2. The third-order valence-corrected chi connectivity index (χ3v) is 5.21. The average Bonchev–Trinajstić information content (AvgIpc) is 2.97. The zero-order valence-corrected chi connectivity index (χ0v) is 17.3. The number of hydrogen-bond donors (Lipinski definition) is 1. The van der Waals surface area contributed by atoms with E-state index < -0.39 is 0 Å². The van der Waals surface area contributed by atoms with E-state index in [1.165, 1.54) is 16.0 Å². The summed E-state index contributed by atoms with van der Waals surface area (Å²) in [4.78, 5) is 32.6. The highest BCUT2D eigenvalue weighted by molar-refractivity contribution is 6.21. The lowest BCUT2D eigenvalue weighted by molar-refractivity contribution is 0.0652. The first kappa shape index (κ1) is 20.6. The Hall–Kier alpha value is -3.15. The van der Waals surface area contributed by atoms with E-state index in [1.54, 1.807) is 31.3 Å². The van der Waals surface area contributed by atoms with Crippen LogP contribution in [0, 0.1) is 6.92 Å². The van der Waals surface area contributed by atoms with Gasteiger partial charge in [-0.1, -0.05) is 36.4 Å². The molecular formula is C23H28N4O2.